The van der Waals surface area contributed by atoms with Crippen molar-refractivity contribution in [3.05, 3.63) is 57.7 Å². The molecule has 3 aromatic rings. The topological polar surface area (TPSA) is 43.2 Å². The van der Waals surface area contributed by atoms with Crippen molar-refractivity contribution in [2.24, 2.45) is 0 Å². The number of nitrogens with one attached hydrogen (secondary N) is 1. The number of quaternary nitrogens is 1. The summed E-state index contributed by atoms with van der Waals surface area (Å²) in [6.07, 6.45) is 0. The average molecular weight is 434 g/mol. The maximum absolute atomic E-state index is 13.5. The Kier molecular flexibility index (Phi) is 4.81. The van der Waals surface area contributed by atoms with Crippen LogP contribution in [-0.4, -0.2) is 43.8 Å². The Hall–Kier alpha value is -2.35. The lowest BCUT2D eigenvalue weighted by Crippen LogP contribution is -3.13. The van der Waals surface area contributed by atoms with E-state index in [1.807, 2.05) is 17.0 Å². The van der Waals surface area contributed by atoms with Crippen molar-refractivity contribution in [2.75, 3.05) is 33.0 Å². The van der Waals surface area contributed by atoms with E-state index in [4.69, 9.17) is 21.1 Å². The number of thiophene rings is 1. The number of piperazine rings is 1. The summed E-state index contributed by atoms with van der Waals surface area (Å²) in [5.41, 5.74) is 1.19. The predicted molar refractivity (Wildman–Crippen MR) is 110 cm³/mol. The fourth-order valence-electron chi connectivity index (χ4n) is 3.86. The van der Waals surface area contributed by atoms with E-state index in [2.05, 4.69) is 6.07 Å². The molecular weight excluding hydrogens is 415 g/mol. The Labute approximate surface area is 176 Å². The molecule has 0 bridgehead atoms. The van der Waals surface area contributed by atoms with Gasteiger partial charge in [0.2, 0.25) is 6.79 Å². The zero-order valence-electron chi connectivity index (χ0n) is 15.5. The molecule has 3 heterocycles. The third-order valence-electron chi connectivity index (χ3n) is 5.43. The van der Waals surface area contributed by atoms with Crippen LogP contribution in [-0.2, 0) is 6.54 Å². The smallest absolute Gasteiger partial charge is 0.265 e. The van der Waals surface area contributed by atoms with Crippen LogP contribution in [0.1, 0.15) is 15.2 Å². The molecule has 150 valence electrons. The van der Waals surface area contributed by atoms with E-state index in [1.54, 1.807) is 6.07 Å². The summed E-state index contributed by atoms with van der Waals surface area (Å²) in [7, 11) is 0. The lowest BCUT2D eigenvalue weighted by atomic mass is 10.1. The third-order valence-corrected chi connectivity index (χ3v) is 7.08. The summed E-state index contributed by atoms with van der Waals surface area (Å²) >= 11 is 7.68. The predicted octanol–water partition coefficient (Wildman–Crippen LogP) is 2.96. The quantitative estimate of drug-likeness (QED) is 0.690. The van der Waals surface area contributed by atoms with Crippen LogP contribution in [0.2, 0.25) is 5.02 Å². The number of halogens is 2. The van der Waals surface area contributed by atoms with Crippen LogP contribution in [0.5, 0.6) is 11.5 Å². The molecule has 0 aliphatic carbocycles. The average Bonchev–Trinajstić information content (AvgIpc) is 3.32. The molecule has 0 spiro atoms. The summed E-state index contributed by atoms with van der Waals surface area (Å²) in [6.45, 7) is 4.20. The van der Waals surface area contributed by atoms with Gasteiger partial charge in [-0.15, -0.1) is 11.3 Å². The van der Waals surface area contributed by atoms with Gasteiger partial charge in [0.15, 0.2) is 11.5 Å². The number of carbonyl (C=O) groups excluding carboxylic acids is 1. The highest BCUT2D eigenvalue weighted by atomic mass is 35.5. The maximum atomic E-state index is 13.5. The summed E-state index contributed by atoms with van der Waals surface area (Å²) < 4.78 is 25.0. The number of rotatable bonds is 3. The minimum Gasteiger partial charge on any atom is -0.454 e. The largest absolute Gasteiger partial charge is 0.454 e. The second kappa shape index (κ2) is 7.48. The van der Waals surface area contributed by atoms with E-state index >= 15 is 0 Å². The first-order valence-corrected chi connectivity index (χ1v) is 10.7. The summed E-state index contributed by atoms with van der Waals surface area (Å²) in [4.78, 5) is 16.7. The zero-order chi connectivity index (χ0) is 20.0. The van der Waals surface area contributed by atoms with Crippen molar-refractivity contribution >= 4 is 38.9 Å². The van der Waals surface area contributed by atoms with Crippen molar-refractivity contribution in [3.8, 4) is 11.5 Å². The fourth-order valence-corrected chi connectivity index (χ4v) is 5.37. The van der Waals surface area contributed by atoms with Crippen molar-refractivity contribution < 1.29 is 23.6 Å². The maximum Gasteiger partial charge on any atom is 0.265 e. The van der Waals surface area contributed by atoms with Gasteiger partial charge in [0.05, 0.1) is 31.2 Å². The Morgan fingerprint density at radius 1 is 1.14 bits per heavy atom. The van der Waals surface area contributed by atoms with E-state index in [0.717, 1.165) is 36.5 Å². The van der Waals surface area contributed by atoms with Crippen LogP contribution >= 0.6 is 22.9 Å². The first kappa shape index (κ1) is 18.7. The molecule has 1 aromatic heterocycles. The molecule has 0 saturated carbocycles. The number of nitrogens with zero attached hydrogens (tertiary/aromatic N) is 1. The highest BCUT2D eigenvalue weighted by Crippen LogP contribution is 2.36. The Bertz CT molecular complexity index is 1090. The number of hydrogen-bond donors (Lipinski definition) is 1. The van der Waals surface area contributed by atoms with Gasteiger partial charge in [-0.25, -0.2) is 4.39 Å². The molecular formula is C21H19ClFN2O3S+. The minimum atomic E-state index is -0.324. The van der Waals surface area contributed by atoms with Crippen LogP contribution < -0.4 is 14.4 Å². The number of benzene rings is 2. The molecule has 2 aliphatic rings. The van der Waals surface area contributed by atoms with Gasteiger partial charge in [-0.2, -0.15) is 0 Å². The second-order valence-corrected chi connectivity index (χ2v) is 8.72. The van der Waals surface area contributed by atoms with E-state index in [1.165, 1.54) is 33.9 Å². The SMILES string of the molecule is O=C(c1sc2cc(F)ccc2c1Cl)N1CC[NH+](Cc2ccc3c(c2)OCO3)CC1. The number of hydrogen-bond acceptors (Lipinski definition) is 4. The highest BCUT2D eigenvalue weighted by Gasteiger charge is 2.28. The summed E-state index contributed by atoms with van der Waals surface area (Å²) in [5.74, 6) is 1.19. The van der Waals surface area contributed by atoms with Gasteiger partial charge >= 0.3 is 0 Å². The molecule has 5 rings (SSSR count). The van der Waals surface area contributed by atoms with Crippen LogP contribution in [0.3, 0.4) is 0 Å². The van der Waals surface area contributed by atoms with Crippen LogP contribution in [0.4, 0.5) is 4.39 Å². The molecule has 0 atom stereocenters. The standard InChI is InChI=1S/C21H18ClFN2O3S/c22-19-15-3-2-14(23)10-18(15)29-20(19)21(26)25-7-5-24(6-8-25)11-13-1-4-16-17(9-13)28-12-27-16/h1-4,9-10H,5-8,11-12H2/p+1. The number of amides is 1. The molecule has 8 heteroatoms. The number of carbonyl (C=O) groups is 1. The molecule has 1 fully saturated rings. The number of ether oxygens (including phenoxy) is 2. The summed E-state index contributed by atoms with van der Waals surface area (Å²) in [5, 5.41) is 1.15. The van der Waals surface area contributed by atoms with Gasteiger partial charge in [0.1, 0.15) is 17.2 Å². The lowest BCUT2D eigenvalue weighted by Gasteiger charge is -2.32. The normalized spacial score (nSPS) is 16.6. The van der Waals surface area contributed by atoms with Crippen molar-refractivity contribution in [2.45, 2.75) is 6.54 Å². The lowest BCUT2D eigenvalue weighted by molar-refractivity contribution is -0.917. The van der Waals surface area contributed by atoms with Crippen LogP contribution in [0, 0.1) is 5.82 Å². The van der Waals surface area contributed by atoms with Gasteiger partial charge < -0.3 is 19.3 Å². The molecule has 2 aromatic carbocycles. The Morgan fingerprint density at radius 2 is 1.93 bits per heavy atom. The van der Waals surface area contributed by atoms with E-state index in [0.29, 0.717) is 27.7 Å². The number of fused-ring (bicyclic) bond motifs is 2. The van der Waals surface area contributed by atoms with Crippen LogP contribution in [0.15, 0.2) is 36.4 Å². The summed E-state index contributed by atoms with van der Waals surface area (Å²) in [6, 6.07) is 10.5. The zero-order valence-corrected chi connectivity index (χ0v) is 17.1. The van der Waals surface area contributed by atoms with E-state index in [9.17, 15) is 9.18 Å². The Morgan fingerprint density at radius 3 is 2.76 bits per heavy atom. The first-order chi connectivity index (χ1) is 14.1. The van der Waals surface area contributed by atoms with E-state index in [-0.39, 0.29) is 18.5 Å². The minimum absolute atomic E-state index is 0.0706. The second-order valence-electron chi connectivity index (χ2n) is 7.29. The van der Waals surface area contributed by atoms with Crippen molar-refractivity contribution in [3.63, 3.8) is 0 Å². The Balaban J connectivity index is 1.25. The van der Waals surface area contributed by atoms with Gasteiger partial charge in [0, 0.05) is 15.6 Å². The molecule has 29 heavy (non-hydrogen) atoms. The molecule has 5 nitrogen and oxygen atoms in total. The van der Waals surface area contributed by atoms with Crippen LogP contribution in [0.25, 0.3) is 10.1 Å². The molecule has 0 radical (unpaired) electrons. The van der Waals surface area contributed by atoms with Gasteiger partial charge in [-0.3, -0.25) is 4.79 Å². The highest BCUT2D eigenvalue weighted by molar-refractivity contribution is 7.21. The van der Waals surface area contributed by atoms with Crippen molar-refractivity contribution in [1.82, 2.24) is 4.90 Å². The van der Waals surface area contributed by atoms with E-state index < -0.39 is 0 Å². The van der Waals surface area contributed by atoms with Gasteiger partial charge in [-0.1, -0.05) is 11.6 Å². The monoisotopic (exact) mass is 433 g/mol. The molecule has 1 N–H and O–H groups in total. The molecule has 1 saturated heterocycles. The third kappa shape index (κ3) is 3.54. The first-order valence-electron chi connectivity index (χ1n) is 9.47. The van der Waals surface area contributed by atoms with Crippen molar-refractivity contribution in [1.29, 1.82) is 0 Å². The fraction of sp³-hybridized carbons (Fsp3) is 0.286. The molecule has 1 amide bonds. The molecule has 2 aliphatic heterocycles. The molecule has 0 unspecified atom stereocenters. The van der Waals surface area contributed by atoms with Gasteiger partial charge in [0.25, 0.3) is 5.91 Å². The van der Waals surface area contributed by atoms with Gasteiger partial charge in [-0.05, 0) is 36.4 Å².